The second kappa shape index (κ2) is 6.09. The third-order valence-corrected chi connectivity index (χ3v) is 6.30. The lowest BCUT2D eigenvalue weighted by atomic mass is 10.0. The summed E-state index contributed by atoms with van der Waals surface area (Å²) >= 11 is 3.46. The highest BCUT2D eigenvalue weighted by Gasteiger charge is 2.32. The van der Waals surface area contributed by atoms with Crippen molar-refractivity contribution in [3.63, 3.8) is 0 Å². The van der Waals surface area contributed by atoms with E-state index in [0.717, 1.165) is 0 Å². The predicted molar refractivity (Wildman–Crippen MR) is 67.1 cm³/mol. The molecule has 0 aromatic carbocycles. The van der Waals surface area contributed by atoms with Gasteiger partial charge in [0.05, 0.1) is 5.75 Å². The summed E-state index contributed by atoms with van der Waals surface area (Å²) in [6.45, 7) is 2.69. The van der Waals surface area contributed by atoms with Crippen LogP contribution in [0.1, 0.15) is 26.2 Å². The van der Waals surface area contributed by atoms with Crippen LogP contribution in [0.4, 0.5) is 13.2 Å². The van der Waals surface area contributed by atoms with Crippen molar-refractivity contribution in [2.45, 2.75) is 37.2 Å². The molecule has 18 heavy (non-hydrogen) atoms. The summed E-state index contributed by atoms with van der Waals surface area (Å²) in [7, 11) is -3.55. The lowest BCUT2D eigenvalue weighted by Gasteiger charge is -2.33. The molecule has 0 saturated carbocycles. The molecule has 1 aliphatic heterocycles. The van der Waals surface area contributed by atoms with E-state index in [1.54, 1.807) is 0 Å². The van der Waals surface area contributed by atoms with Gasteiger partial charge in [0.2, 0.25) is 10.0 Å². The standard InChI is InChI=1S/C10H17BrF3NO2S/c1-8-7-15(5-3-9(8)11)18(16,17)6-2-4-10(12,13)14/h8-9H,2-7H2,1H3. The van der Waals surface area contributed by atoms with E-state index in [4.69, 9.17) is 0 Å². The molecule has 0 aliphatic carbocycles. The molecule has 1 fully saturated rings. The smallest absolute Gasteiger partial charge is 0.212 e. The van der Waals surface area contributed by atoms with Crippen molar-refractivity contribution >= 4 is 26.0 Å². The Bertz CT molecular complexity index is 372. The van der Waals surface area contributed by atoms with Gasteiger partial charge < -0.3 is 0 Å². The molecular formula is C10H17BrF3NO2S. The molecule has 8 heteroatoms. The third-order valence-electron chi connectivity index (χ3n) is 3.02. The first-order valence-corrected chi connectivity index (χ1v) is 8.33. The maximum Gasteiger partial charge on any atom is 0.389 e. The summed E-state index contributed by atoms with van der Waals surface area (Å²) in [5.74, 6) is -0.247. The van der Waals surface area contributed by atoms with Crippen molar-refractivity contribution in [3.05, 3.63) is 0 Å². The van der Waals surface area contributed by atoms with Crippen LogP contribution in [-0.2, 0) is 10.0 Å². The Labute approximate surface area is 114 Å². The maximum atomic E-state index is 12.0. The van der Waals surface area contributed by atoms with Crippen LogP contribution < -0.4 is 0 Å². The summed E-state index contributed by atoms with van der Waals surface area (Å²) in [6, 6.07) is 0. The van der Waals surface area contributed by atoms with Crippen LogP contribution >= 0.6 is 15.9 Å². The lowest BCUT2D eigenvalue weighted by molar-refractivity contribution is -0.134. The minimum Gasteiger partial charge on any atom is -0.212 e. The van der Waals surface area contributed by atoms with Crippen molar-refractivity contribution in [1.82, 2.24) is 4.31 Å². The second-order valence-electron chi connectivity index (χ2n) is 4.67. The summed E-state index contributed by atoms with van der Waals surface area (Å²) in [5, 5.41) is 0. The van der Waals surface area contributed by atoms with Crippen LogP contribution in [0.3, 0.4) is 0 Å². The van der Waals surface area contributed by atoms with Crippen molar-refractivity contribution in [2.75, 3.05) is 18.8 Å². The van der Waals surface area contributed by atoms with Gasteiger partial charge >= 0.3 is 6.18 Å². The average molecular weight is 352 g/mol. The number of piperidine rings is 1. The number of alkyl halides is 4. The number of rotatable bonds is 4. The van der Waals surface area contributed by atoms with Gasteiger partial charge in [-0.1, -0.05) is 22.9 Å². The minimum atomic E-state index is -4.29. The lowest BCUT2D eigenvalue weighted by Crippen LogP contribution is -2.44. The number of hydrogen-bond donors (Lipinski definition) is 0. The van der Waals surface area contributed by atoms with E-state index in [1.165, 1.54) is 4.31 Å². The first-order valence-electron chi connectivity index (χ1n) is 5.80. The fraction of sp³-hybridized carbons (Fsp3) is 1.00. The molecule has 1 rings (SSSR count). The topological polar surface area (TPSA) is 37.4 Å². The zero-order chi connectivity index (χ0) is 14.0. The predicted octanol–water partition coefficient (Wildman–Crippen LogP) is 2.76. The normalized spacial score (nSPS) is 27.4. The molecule has 0 aromatic heterocycles. The Kier molecular flexibility index (Phi) is 5.49. The number of nitrogens with zero attached hydrogens (tertiary/aromatic N) is 1. The van der Waals surface area contributed by atoms with E-state index in [2.05, 4.69) is 15.9 Å². The van der Waals surface area contributed by atoms with Gasteiger partial charge in [-0.25, -0.2) is 12.7 Å². The quantitative estimate of drug-likeness (QED) is 0.730. The van der Waals surface area contributed by atoms with Crippen molar-refractivity contribution in [2.24, 2.45) is 5.92 Å². The molecule has 1 aliphatic rings. The van der Waals surface area contributed by atoms with Crippen LogP contribution in [0.15, 0.2) is 0 Å². The van der Waals surface area contributed by atoms with Gasteiger partial charge in [-0.2, -0.15) is 13.2 Å². The fourth-order valence-corrected chi connectivity index (χ4v) is 3.90. The molecule has 1 saturated heterocycles. The van der Waals surface area contributed by atoms with Gasteiger partial charge in [0.15, 0.2) is 0 Å². The first-order chi connectivity index (χ1) is 8.12. The highest BCUT2D eigenvalue weighted by molar-refractivity contribution is 9.09. The molecule has 0 N–H and O–H groups in total. The van der Waals surface area contributed by atoms with Gasteiger partial charge in [-0.15, -0.1) is 0 Å². The SMILES string of the molecule is CC1CN(S(=O)(=O)CCCC(F)(F)F)CCC1Br. The Balaban J connectivity index is 2.49. The van der Waals surface area contributed by atoms with Crippen LogP contribution in [0.2, 0.25) is 0 Å². The van der Waals surface area contributed by atoms with E-state index in [0.29, 0.717) is 19.5 Å². The molecule has 0 radical (unpaired) electrons. The Hall–Kier alpha value is 0.180. The maximum absolute atomic E-state index is 12.0. The van der Waals surface area contributed by atoms with E-state index in [1.807, 2.05) is 6.92 Å². The third kappa shape index (κ3) is 5.05. The largest absolute Gasteiger partial charge is 0.389 e. The van der Waals surface area contributed by atoms with Gasteiger partial charge in [0, 0.05) is 24.3 Å². The Morgan fingerprint density at radius 3 is 2.50 bits per heavy atom. The van der Waals surface area contributed by atoms with Crippen LogP contribution in [0, 0.1) is 5.92 Å². The van der Waals surface area contributed by atoms with Gasteiger partial charge in [-0.05, 0) is 18.8 Å². The van der Waals surface area contributed by atoms with Crippen molar-refractivity contribution in [3.8, 4) is 0 Å². The molecule has 108 valence electrons. The summed E-state index contributed by atoms with van der Waals surface area (Å²) < 4.78 is 61.0. The van der Waals surface area contributed by atoms with Crippen molar-refractivity contribution in [1.29, 1.82) is 0 Å². The van der Waals surface area contributed by atoms with Crippen LogP contribution in [0.5, 0.6) is 0 Å². The van der Waals surface area contributed by atoms with Gasteiger partial charge in [0.25, 0.3) is 0 Å². The molecule has 0 aromatic rings. The monoisotopic (exact) mass is 351 g/mol. The molecule has 2 atom stereocenters. The molecule has 2 unspecified atom stereocenters. The van der Waals surface area contributed by atoms with Crippen LogP contribution in [0.25, 0.3) is 0 Å². The fourth-order valence-electron chi connectivity index (χ4n) is 1.92. The number of halogens is 4. The highest BCUT2D eigenvalue weighted by Crippen LogP contribution is 2.26. The second-order valence-corrected chi connectivity index (χ2v) is 7.94. The molecule has 0 spiro atoms. The van der Waals surface area contributed by atoms with E-state index >= 15 is 0 Å². The minimum absolute atomic E-state index is 0.177. The Morgan fingerprint density at radius 2 is 2.00 bits per heavy atom. The zero-order valence-electron chi connectivity index (χ0n) is 10.1. The summed E-state index contributed by atoms with van der Waals surface area (Å²) in [4.78, 5) is 0.277. The molecule has 0 bridgehead atoms. The summed E-state index contributed by atoms with van der Waals surface area (Å²) in [5.41, 5.74) is 0. The number of hydrogen-bond acceptors (Lipinski definition) is 2. The van der Waals surface area contributed by atoms with E-state index < -0.39 is 28.4 Å². The zero-order valence-corrected chi connectivity index (χ0v) is 12.5. The number of sulfonamides is 1. The van der Waals surface area contributed by atoms with E-state index in [9.17, 15) is 21.6 Å². The van der Waals surface area contributed by atoms with Crippen LogP contribution in [-0.4, -0.2) is 42.6 Å². The Morgan fingerprint density at radius 1 is 1.39 bits per heavy atom. The molecular weight excluding hydrogens is 335 g/mol. The molecule has 0 amide bonds. The average Bonchev–Trinajstić information content (AvgIpc) is 2.19. The van der Waals surface area contributed by atoms with Crippen molar-refractivity contribution < 1.29 is 21.6 Å². The van der Waals surface area contributed by atoms with Gasteiger partial charge in [-0.3, -0.25) is 0 Å². The molecule has 3 nitrogen and oxygen atoms in total. The van der Waals surface area contributed by atoms with E-state index in [-0.39, 0.29) is 17.2 Å². The van der Waals surface area contributed by atoms with Gasteiger partial charge in [0.1, 0.15) is 0 Å². The first kappa shape index (κ1) is 16.2. The summed E-state index contributed by atoms with van der Waals surface area (Å²) in [6.07, 6.45) is -5.00. The molecule has 1 heterocycles. The highest BCUT2D eigenvalue weighted by atomic mass is 79.9.